The van der Waals surface area contributed by atoms with Crippen LogP contribution in [0, 0.1) is 0 Å². The molecule has 0 saturated carbocycles. The molecule has 35 heavy (non-hydrogen) atoms. The zero-order chi connectivity index (χ0) is 24.5. The van der Waals surface area contributed by atoms with Crippen LogP contribution in [0.15, 0.2) is 71.9 Å². The standard InChI is InChI=1S/C25H25Cl2N5O2S/c1-33-24-15-18(11-12-23(24)34-17-20-21(26)9-5-10-22(20)27)16-28-13-6-14-35-25-29-30-31-32(25)19-7-3-2-4-8-19/h2-5,7-12,15,28H,6,13-14,16-17H2,1H3. The Kier molecular flexibility index (Phi) is 9.25. The molecule has 3 aromatic carbocycles. The number of tetrazole rings is 1. The third-order valence-electron chi connectivity index (χ3n) is 5.16. The summed E-state index contributed by atoms with van der Waals surface area (Å²) in [6.45, 7) is 1.85. The zero-order valence-electron chi connectivity index (χ0n) is 19.2. The molecule has 0 radical (unpaired) electrons. The van der Waals surface area contributed by atoms with Gasteiger partial charge in [-0.1, -0.05) is 65.3 Å². The Balaban J connectivity index is 1.22. The van der Waals surface area contributed by atoms with Crippen molar-refractivity contribution in [2.24, 2.45) is 0 Å². The molecule has 0 atom stereocenters. The summed E-state index contributed by atoms with van der Waals surface area (Å²) in [7, 11) is 1.63. The summed E-state index contributed by atoms with van der Waals surface area (Å²) in [6, 6.07) is 21.2. The number of nitrogens with one attached hydrogen (secondary N) is 1. The first-order chi connectivity index (χ1) is 17.2. The summed E-state index contributed by atoms with van der Waals surface area (Å²) in [6.07, 6.45) is 0.975. The molecule has 0 aliphatic heterocycles. The Labute approximate surface area is 218 Å². The maximum absolute atomic E-state index is 6.24. The molecule has 0 saturated heterocycles. The second-order valence-electron chi connectivity index (χ2n) is 7.56. The maximum Gasteiger partial charge on any atom is 0.214 e. The first-order valence-electron chi connectivity index (χ1n) is 11.1. The number of para-hydroxylation sites is 1. The van der Waals surface area contributed by atoms with Crippen molar-refractivity contribution in [3.05, 3.63) is 87.9 Å². The third-order valence-corrected chi connectivity index (χ3v) is 6.88. The summed E-state index contributed by atoms with van der Waals surface area (Å²) in [5.74, 6) is 2.21. The van der Waals surface area contributed by atoms with Gasteiger partial charge in [-0.05, 0) is 65.4 Å². The smallest absolute Gasteiger partial charge is 0.214 e. The number of benzene rings is 3. The van der Waals surface area contributed by atoms with Crippen molar-refractivity contribution in [2.45, 2.75) is 24.7 Å². The quantitative estimate of drug-likeness (QED) is 0.183. The highest BCUT2D eigenvalue weighted by Crippen LogP contribution is 2.31. The van der Waals surface area contributed by atoms with Crippen LogP contribution in [0.1, 0.15) is 17.5 Å². The molecule has 0 aliphatic carbocycles. The summed E-state index contributed by atoms with van der Waals surface area (Å²) < 4.78 is 13.2. The van der Waals surface area contributed by atoms with Crippen LogP contribution in [0.2, 0.25) is 10.0 Å². The Hall–Kier alpha value is -2.78. The lowest BCUT2D eigenvalue weighted by Crippen LogP contribution is -2.15. The van der Waals surface area contributed by atoms with Crippen LogP contribution in [0.5, 0.6) is 11.5 Å². The van der Waals surface area contributed by atoms with Crippen LogP contribution < -0.4 is 14.8 Å². The summed E-state index contributed by atoms with van der Waals surface area (Å²) in [5.41, 5.74) is 2.81. The van der Waals surface area contributed by atoms with Gasteiger partial charge in [-0.25, -0.2) is 0 Å². The number of hydrogen-bond acceptors (Lipinski definition) is 7. The summed E-state index contributed by atoms with van der Waals surface area (Å²) >= 11 is 14.1. The Morgan fingerprint density at radius 3 is 2.54 bits per heavy atom. The van der Waals surface area contributed by atoms with E-state index in [0.717, 1.165) is 47.2 Å². The monoisotopic (exact) mass is 529 g/mol. The van der Waals surface area contributed by atoms with E-state index >= 15 is 0 Å². The van der Waals surface area contributed by atoms with E-state index in [1.165, 1.54) is 0 Å². The minimum atomic E-state index is 0.262. The van der Waals surface area contributed by atoms with E-state index in [-0.39, 0.29) is 6.61 Å². The van der Waals surface area contributed by atoms with Crippen molar-refractivity contribution in [3.8, 4) is 17.2 Å². The fourth-order valence-electron chi connectivity index (χ4n) is 3.35. The van der Waals surface area contributed by atoms with Crippen molar-refractivity contribution >= 4 is 35.0 Å². The van der Waals surface area contributed by atoms with E-state index in [0.29, 0.717) is 21.5 Å². The molecule has 1 aromatic heterocycles. The molecule has 1 heterocycles. The first kappa shape index (κ1) is 25.3. The fourth-order valence-corrected chi connectivity index (χ4v) is 4.69. The topological polar surface area (TPSA) is 74.1 Å². The van der Waals surface area contributed by atoms with Crippen molar-refractivity contribution in [1.29, 1.82) is 0 Å². The van der Waals surface area contributed by atoms with E-state index in [1.807, 2.05) is 54.6 Å². The van der Waals surface area contributed by atoms with Crippen molar-refractivity contribution in [2.75, 3.05) is 19.4 Å². The van der Waals surface area contributed by atoms with Crippen LogP contribution in [0.4, 0.5) is 0 Å². The number of ether oxygens (including phenoxy) is 2. The van der Waals surface area contributed by atoms with Crippen LogP contribution >= 0.6 is 35.0 Å². The van der Waals surface area contributed by atoms with E-state index in [1.54, 1.807) is 35.7 Å². The molecule has 10 heteroatoms. The van der Waals surface area contributed by atoms with Gasteiger partial charge in [0.25, 0.3) is 0 Å². The van der Waals surface area contributed by atoms with Gasteiger partial charge in [0.1, 0.15) is 6.61 Å². The van der Waals surface area contributed by atoms with Gasteiger partial charge in [-0.3, -0.25) is 0 Å². The molecule has 0 aliphatic rings. The molecule has 0 fully saturated rings. The molecule has 4 rings (SSSR count). The molecule has 0 amide bonds. The van der Waals surface area contributed by atoms with Gasteiger partial charge >= 0.3 is 0 Å². The Morgan fingerprint density at radius 1 is 0.971 bits per heavy atom. The number of nitrogens with zero attached hydrogens (tertiary/aromatic N) is 4. The number of thioether (sulfide) groups is 1. The van der Waals surface area contributed by atoms with Gasteiger partial charge in [0.15, 0.2) is 11.5 Å². The van der Waals surface area contributed by atoms with Crippen molar-refractivity contribution in [1.82, 2.24) is 25.5 Å². The highest BCUT2D eigenvalue weighted by atomic mass is 35.5. The lowest BCUT2D eigenvalue weighted by molar-refractivity contribution is 0.284. The third kappa shape index (κ3) is 6.89. The van der Waals surface area contributed by atoms with Crippen LogP contribution in [-0.4, -0.2) is 39.6 Å². The largest absolute Gasteiger partial charge is 0.493 e. The molecule has 0 bridgehead atoms. The first-order valence-corrected chi connectivity index (χ1v) is 12.8. The van der Waals surface area contributed by atoms with Gasteiger partial charge in [-0.2, -0.15) is 4.68 Å². The molecule has 0 unspecified atom stereocenters. The summed E-state index contributed by atoms with van der Waals surface area (Å²) in [5, 5.41) is 17.4. The molecular formula is C25H25Cl2N5O2S. The Bertz CT molecular complexity index is 1220. The number of hydrogen-bond donors (Lipinski definition) is 1. The minimum absolute atomic E-state index is 0.262. The highest BCUT2D eigenvalue weighted by molar-refractivity contribution is 7.99. The SMILES string of the molecule is COc1cc(CNCCCSc2nnnn2-c2ccccc2)ccc1OCc1c(Cl)cccc1Cl. The predicted molar refractivity (Wildman–Crippen MR) is 140 cm³/mol. The lowest BCUT2D eigenvalue weighted by atomic mass is 10.2. The van der Waals surface area contributed by atoms with Gasteiger partial charge < -0.3 is 14.8 Å². The van der Waals surface area contributed by atoms with Crippen molar-refractivity contribution in [3.63, 3.8) is 0 Å². The van der Waals surface area contributed by atoms with Gasteiger partial charge in [0.05, 0.1) is 12.8 Å². The molecule has 7 nitrogen and oxygen atoms in total. The highest BCUT2D eigenvalue weighted by Gasteiger charge is 2.11. The predicted octanol–water partition coefficient (Wildman–Crippen LogP) is 5.83. The molecule has 182 valence electrons. The average molecular weight is 530 g/mol. The minimum Gasteiger partial charge on any atom is -0.493 e. The molecule has 0 spiro atoms. The van der Waals surface area contributed by atoms with Crippen LogP contribution in [-0.2, 0) is 13.2 Å². The van der Waals surface area contributed by atoms with Crippen LogP contribution in [0.25, 0.3) is 5.69 Å². The molecular weight excluding hydrogens is 505 g/mol. The average Bonchev–Trinajstić information content (AvgIpc) is 3.35. The van der Waals surface area contributed by atoms with E-state index in [4.69, 9.17) is 32.7 Å². The fraction of sp³-hybridized carbons (Fsp3) is 0.240. The zero-order valence-corrected chi connectivity index (χ0v) is 21.5. The van der Waals surface area contributed by atoms with Crippen molar-refractivity contribution < 1.29 is 9.47 Å². The summed E-state index contributed by atoms with van der Waals surface area (Å²) in [4.78, 5) is 0. The van der Waals surface area contributed by atoms with Gasteiger partial charge in [0, 0.05) is 27.9 Å². The number of methoxy groups -OCH3 is 1. The second kappa shape index (κ2) is 12.8. The number of rotatable bonds is 12. The van der Waals surface area contributed by atoms with Gasteiger partial charge in [-0.15, -0.1) is 5.10 Å². The number of halogens is 2. The van der Waals surface area contributed by atoms with E-state index in [2.05, 4.69) is 20.8 Å². The molecule has 4 aromatic rings. The number of aromatic nitrogens is 4. The maximum atomic E-state index is 6.24. The molecule has 1 N–H and O–H groups in total. The van der Waals surface area contributed by atoms with E-state index in [9.17, 15) is 0 Å². The van der Waals surface area contributed by atoms with E-state index < -0.39 is 0 Å². The lowest BCUT2D eigenvalue weighted by Gasteiger charge is -2.14. The van der Waals surface area contributed by atoms with Gasteiger partial charge in [0.2, 0.25) is 5.16 Å². The Morgan fingerprint density at radius 2 is 1.77 bits per heavy atom. The second-order valence-corrected chi connectivity index (χ2v) is 9.44. The van der Waals surface area contributed by atoms with Crippen LogP contribution in [0.3, 0.4) is 0 Å². The normalized spacial score (nSPS) is 10.9.